The zero-order chi connectivity index (χ0) is 19.4. The van der Waals surface area contributed by atoms with E-state index in [1.54, 1.807) is 23.7 Å². The van der Waals surface area contributed by atoms with E-state index in [0.717, 1.165) is 5.56 Å². The van der Waals surface area contributed by atoms with E-state index in [-0.39, 0.29) is 5.15 Å². The molecule has 1 amide bonds. The molecule has 0 aliphatic rings. The average Bonchev–Trinajstić information content (AvgIpc) is 2.90. The van der Waals surface area contributed by atoms with E-state index in [4.69, 9.17) is 11.6 Å². The fraction of sp³-hybridized carbons (Fsp3) is 0.158. The van der Waals surface area contributed by atoms with Crippen molar-refractivity contribution in [3.8, 4) is 0 Å². The molecule has 0 spiro atoms. The van der Waals surface area contributed by atoms with Crippen molar-refractivity contribution in [1.29, 1.82) is 0 Å². The Morgan fingerprint density at radius 3 is 2.48 bits per heavy atom. The van der Waals surface area contributed by atoms with Crippen molar-refractivity contribution in [3.63, 3.8) is 0 Å². The minimum absolute atomic E-state index is 0.249. The predicted molar refractivity (Wildman–Crippen MR) is 104 cm³/mol. The Bertz CT molecular complexity index is 930. The van der Waals surface area contributed by atoms with Crippen LogP contribution in [0.2, 0.25) is 5.15 Å². The fourth-order valence-electron chi connectivity index (χ4n) is 2.59. The number of alkyl halides is 2. The maximum atomic E-state index is 12.6. The van der Waals surface area contributed by atoms with E-state index in [1.165, 1.54) is 12.1 Å². The van der Waals surface area contributed by atoms with Crippen LogP contribution in [0.1, 0.15) is 21.6 Å². The number of nitrogens with zero attached hydrogens (tertiary/aromatic N) is 2. The summed E-state index contributed by atoms with van der Waals surface area (Å²) in [5.41, 5.74) is 2.31. The third-order valence-electron chi connectivity index (χ3n) is 3.81. The van der Waals surface area contributed by atoms with Gasteiger partial charge in [-0.1, -0.05) is 53.7 Å². The lowest BCUT2D eigenvalue weighted by Crippen LogP contribution is -2.13. The SMILES string of the molecule is Cc1nn(Cc2ccccc2)c(Cl)c1C(=O)Nc1ccc(SC(F)F)cc1. The summed E-state index contributed by atoms with van der Waals surface area (Å²) in [7, 11) is 0. The molecule has 4 nitrogen and oxygen atoms in total. The van der Waals surface area contributed by atoms with Crippen LogP contribution in [-0.2, 0) is 6.54 Å². The van der Waals surface area contributed by atoms with Crippen molar-refractivity contribution in [1.82, 2.24) is 9.78 Å². The normalized spacial score (nSPS) is 11.0. The molecule has 3 aromatic rings. The van der Waals surface area contributed by atoms with E-state index in [9.17, 15) is 13.6 Å². The van der Waals surface area contributed by atoms with Crippen LogP contribution in [0.25, 0.3) is 0 Å². The third kappa shape index (κ3) is 4.87. The highest BCUT2D eigenvalue weighted by Crippen LogP contribution is 2.27. The Morgan fingerprint density at radius 1 is 1.19 bits per heavy atom. The summed E-state index contributed by atoms with van der Waals surface area (Å²) in [6, 6.07) is 15.9. The van der Waals surface area contributed by atoms with E-state index in [0.29, 0.717) is 40.1 Å². The third-order valence-corrected chi connectivity index (χ3v) is 4.91. The lowest BCUT2D eigenvalue weighted by atomic mass is 10.2. The molecule has 140 valence electrons. The maximum Gasteiger partial charge on any atom is 0.288 e. The van der Waals surface area contributed by atoms with Crippen molar-refractivity contribution in [2.45, 2.75) is 24.1 Å². The predicted octanol–water partition coefficient (Wildman–Crippen LogP) is 5.46. The first-order chi connectivity index (χ1) is 12.9. The van der Waals surface area contributed by atoms with E-state index in [1.807, 2.05) is 30.3 Å². The van der Waals surface area contributed by atoms with Gasteiger partial charge in [-0.2, -0.15) is 13.9 Å². The molecular formula is C19H16ClF2N3OS. The minimum atomic E-state index is -2.48. The number of rotatable bonds is 6. The first-order valence-electron chi connectivity index (χ1n) is 8.07. The zero-order valence-electron chi connectivity index (χ0n) is 14.3. The molecule has 27 heavy (non-hydrogen) atoms. The van der Waals surface area contributed by atoms with Crippen LogP contribution in [0, 0.1) is 6.92 Å². The number of nitrogens with one attached hydrogen (secondary N) is 1. The van der Waals surface area contributed by atoms with Crippen LogP contribution >= 0.6 is 23.4 Å². The minimum Gasteiger partial charge on any atom is -0.322 e. The number of thioether (sulfide) groups is 1. The summed E-state index contributed by atoms with van der Waals surface area (Å²) in [4.78, 5) is 13.0. The highest BCUT2D eigenvalue weighted by Gasteiger charge is 2.20. The molecule has 0 radical (unpaired) electrons. The Balaban J connectivity index is 1.75. The number of carbonyl (C=O) groups is 1. The fourth-order valence-corrected chi connectivity index (χ4v) is 3.40. The number of amides is 1. The molecule has 0 aliphatic heterocycles. The molecule has 1 N–H and O–H groups in total. The molecule has 0 bridgehead atoms. The van der Waals surface area contributed by atoms with Gasteiger partial charge in [-0.3, -0.25) is 4.79 Å². The molecule has 2 aromatic carbocycles. The van der Waals surface area contributed by atoms with Gasteiger partial charge in [0.15, 0.2) is 0 Å². The second-order valence-corrected chi connectivity index (χ2v) is 7.17. The molecule has 0 saturated heterocycles. The van der Waals surface area contributed by atoms with Gasteiger partial charge in [0.05, 0.1) is 17.8 Å². The summed E-state index contributed by atoms with van der Waals surface area (Å²) in [6.07, 6.45) is 0. The Hall–Kier alpha value is -2.38. The number of carbonyl (C=O) groups excluding carboxylic acids is 1. The molecule has 1 heterocycles. The van der Waals surface area contributed by atoms with Crippen molar-refractivity contribution in [3.05, 3.63) is 76.6 Å². The lowest BCUT2D eigenvalue weighted by Gasteiger charge is -2.07. The van der Waals surface area contributed by atoms with Crippen LogP contribution in [0.15, 0.2) is 59.5 Å². The van der Waals surface area contributed by atoms with Gasteiger partial charge in [0.25, 0.3) is 11.7 Å². The maximum absolute atomic E-state index is 12.6. The number of halogens is 3. The summed E-state index contributed by atoms with van der Waals surface area (Å²) in [5.74, 6) is -2.88. The number of hydrogen-bond acceptors (Lipinski definition) is 3. The highest BCUT2D eigenvalue weighted by molar-refractivity contribution is 7.99. The van der Waals surface area contributed by atoms with Gasteiger partial charge in [-0.15, -0.1) is 0 Å². The first-order valence-corrected chi connectivity index (χ1v) is 9.33. The summed E-state index contributed by atoms with van der Waals surface area (Å²) < 4.78 is 26.3. The smallest absolute Gasteiger partial charge is 0.288 e. The van der Waals surface area contributed by atoms with Crippen molar-refractivity contribution in [2.75, 3.05) is 5.32 Å². The average molecular weight is 408 g/mol. The van der Waals surface area contributed by atoms with Crippen molar-refractivity contribution < 1.29 is 13.6 Å². The van der Waals surface area contributed by atoms with Crippen LogP contribution in [-0.4, -0.2) is 21.4 Å². The van der Waals surface area contributed by atoms with Crippen molar-refractivity contribution >= 4 is 35.0 Å². The van der Waals surface area contributed by atoms with E-state index < -0.39 is 11.7 Å². The first kappa shape index (κ1) is 19.4. The summed E-state index contributed by atoms with van der Waals surface area (Å²) in [5, 5.41) is 7.33. The lowest BCUT2D eigenvalue weighted by molar-refractivity contribution is 0.102. The van der Waals surface area contributed by atoms with Crippen molar-refractivity contribution in [2.24, 2.45) is 0 Å². The molecule has 0 saturated carbocycles. The topological polar surface area (TPSA) is 46.9 Å². The molecule has 0 aliphatic carbocycles. The van der Waals surface area contributed by atoms with Gasteiger partial charge in [0.1, 0.15) is 5.15 Å². The Morgan fingerprint density at radius 2 is 1.85 bits per heavy atom. The number of aryl methyl sites for hydroxylation is 1. The van der Waals surface area contributed by atoms with E-state index >= 15 is 0 Å². The van der Waals surface area contributed by atoms with Crippen LogP contribution < -0.4 is 5.32 Å². The van der Waals surface area contributed by atoms with E-state index in [2.05, 4.69) is 10.4 Å². The Kier molecular flexibility index (Phi) is 6.13. The van der Waals surface area contributed by atoms with Gasteiger partial charge >= 0.3 is 0 Å². The highest BCUT2D eigenvalue weighted by atomic mass is 35.5. The molecule has 0 atom stereocenters. The quantitative estimate of drug-likeness (QED) is 0.552. The molecular weight excluding hydrogens is 392 g/mol. The zero-order valence-corrected chi connectivity index (χ0v) is 15.9. The monoisotopic (exact) mass is 407 g/mol. The number of benzene rings is 2. The van der Waals surface area contributed by atoms with Crippen LogP contribution in [0.3, 0.4) is 0 Å². The van der Waals surface area contributed by atoms with Gasteiger partial charge in [-0.25, -0.2) is 4.68 Å². The molecule has 0 unspecified atom stereocenters. The number of aromatic nitrogens is 2. The van der Waals surface area contributed by atoms with Gasteiger partial charge < -0.3 is 5.32 Å². The Labute approximate surface area is 164 Å². The van der Waals surface area contributed by atoms with Crippen LogP contribution in [0.4, 0.5) is 14.5 Å². The van der Waals surface area contributed by atoms with Gasteiger partial charge in [0, 0.05) is 10.6 Å². The molecule has 0 fully saturated rings. The van der Waals surface area contributed by atoms with Crippen LogP contribution in [0.5, 0.6) is 0 Å². The second kappa shape index (κ2) is 8.54. The van der Waals surface area contributed by atoms with Gasteiger partial charge in [-0.05, 0) is 36.8 Å². The molecule has 8 heteroatoms. The molecule has 3 rings (SSSR count). The largest absolute Gasteiger partial charge is 0.322 e. The summed E-state index contributed by atoms with van der Waals surface area (Å²) in [6.45, 7) is 2.16. The number of anilines is 1. The molecule has 1 aromatic heterocycles. The standard InChI is InChI=1S/C19H16ClF2N3OS/c1-12-16(17(20)25(24-12)11-13-5-3-2-4-6-13)18(26)23-14-7-9-15(10-8-14)27-19(21)22/h2-10,19H,11H2,1H3,(H,23,26). The number of hydrogen-bond donors (Lipinski definition) is 1. The van der Waals surface area contributed by atoms with Gasteiger partial charge in [0.2, 0.25) is 0 Å². The summed E-state index contributed by atoms with van der Waals surface area (Å²) >= 11 is 6.83. The second-order valence-electron chi connectivity index (χ2n) is 5.75.